The van der Waals surface area contributed by atoms with Gasteiger partial charge in [-0.25, -0.2) is 4.79 Å². The summed E-state index contributed by atoms with van der Waals surface area (Å²) < 4.78 is 15.6. The van der Waals surface area contributed by atoms with Crippen LogP contribution in [-0.4, -0.2) is 56.6 Å². The third-order valence-corrected chi connectivity index (χ3v) is 5.91. The Balaban J connectivity index is 2.49. The Kier molecular flexibility index (Phi) is 8.44. The number of ether oxygens (including phenoxy) is 3. The zero-order valence-electron chi connectivity index (χ0n) is 18.7. The van der Waals surface area contributed by atoms with E-state index in [-0.39, 0.29) is 28.6 Å². The molecule has 0 fully saturated rings. The van der Waals surface area contributed by atoms with E-state index in [1.165, 1.54) is 14.2 Å². The van der Waals surface area contributed by atoms with Gasteiger partial charge in [0.15, 0.2) is 0 Å². The number of carbonyl (C=O) groups is 3. The highest BCUT2D eigenvalue weighted by molar-refractivity contribution is 7.18. The Bertz CT molecular complexity index is 943. The van der Waals surface area contributed by atoms with E-state index < -0.39 is 11.9 Å². The van der Waals surface area contributed by atoms with Crippen LogP contribution in [0.1, 0.15) is 56.7 Å². The minimum atomic E-state index is -0.589. The normalized spacial score (nSPS) is 10.4. The van der Waals surface area contributed by atoms with Gasteiger partial charge in [0.2, 0.25) is 0 Å². The summed E-state index contributed by atoms with van der Waals surface area (Å²) in [6.07, 6.45) is 0. The first-order valence-electron chi connectivity index (χ1n) is 9.95. The standard InChI is InChI=1S/C22H28N2O6S/c1-7-24(8-2)21(26)18-13(4)17(22(27)30-9-3)20(31-18)23-19(25)14-10-15(28-5)12-16(11-14)29-6/h10-12H,7-9H2,1-6H3,(H,23,25). The topological polar surface area (TPSA) is 94.2 Å². The highest BCUT2D eigenvalue weighted by atomic mass is 32.1. The van der Waals surface area contributed by atoms with Crippen LogP contribution in [0.15, 0.2) is 18.2 Å². The van der Waals surface area contributed by atoms with Crippen molar-refractivity contribution in [2.45, 2.75) is 27.7 Å². The Hall–Kier alpha value is -3.07. The fraction of sp³-hybridized carbons (Fsp3) is 0.409. The molecule has 2 aromatic rings. The van der Waals surface area contributed by atoms with Gasteiger partial charge < -0.3 is 24.4 Å². The Morgan fingerprint density at radius 1 is 1.00 bits per heavy atom. The second-order valence-corrected chi connectivity index (χ2v) is 7.53. The molecule has 0 radical (unpaired) electrons. The molecule has 0 atom stereocenters. The molecule has 1 aromatic carbocycles. The van der Waals surface area contributed by atoms with Gasteiger partial charge in [0.1, 0.15) is 16.5 Å². The van der Waals surface area contributed by atoms with Crippen LogP contribution in [0.25, 0.3) is 0 Å². The van der Waals surface area contributed by atoms with Gasteiger partial charge in [-0.15, -0.1) is 11.3 Å². The SMILES string of the molecule is CCOC(=O)c1c(NC(=O)c2cc(OC)cc(OC)c2)sc(C(=O)N(CC)CC)c1C. The summed E-state index contributed by atoms with van der Waals surface area (Å²) in [5.74, 6) is -0.342. The van der Waals surface area contributed by atoms with Crippen molar-refractivity contribution in [1.29, 1.82) is 0 Å². The number of rotatable bonds is 9. The highest BCUT2D eigenvalue weighted by Crippen LogP contribution is 2.35. The van der Waals surface area contributed by atoms with Gasteiger partial charge in [0.25, 0.3) is 11.8 Å². The number of benzene rings is 1. The summed E-state index contributed by atoms with van der Waals surface area (Å²) in [7, 11) is 2.98. The van der Waals surface area contributed by atoms with E-state index in [4.69, 9.17) is 14.2 Å². The lowest BCUT2D eigenvalue weighted by molar-refractivity contribution is 0.0527. The minimum Gasteiger partial charge on any atom is -0.497 e. The molecule has 1 N–H and O–H groups in total. The number of amides is 2. The van der Waals surface area contributed by atoms with Crippen molar-refractivity contribution >= 4 is 34.1 Å². The van der Waals surface area contributed by atoms with Crippen molar-refractivity contribution in [2.24, 2.45) is 0 Å². The maximum atomic E-state index is 13.0. The Morgan fingerprint density at radius 3 is 2.06 bits per heavy atom. The first-order chi connectivity index (χ1) is 14.8. The zero-order valence-corrected chi connectivity index (χ0v) is 19.5. The summed E-state index contributed by atoms with van der Waals surface area (Å²) in [4.78, 5) is 40.6. The molecule has 2 amide bonds. The first kappa shape index (κ1) is 24.2. The first-order valence-corrected chi connectivity index (χ1v) is 10.8. The van der Waals surface area contributed by atoms with Gasteiger partial charge in [-0.05, 0) is 45.4 Å². The molecule has 8 nitrogen and oxygen atoms in total. The van der Waals surface area contributed by atoms with Gasteiger partial charge in [-0.1, -0.05) is 0 Å². The zero-order chi connectivity index (χ0) is 23.1. The van der Waals surface area contributed by atoms with Crippen LogP contribution >= 0.6 is 11.3 Å². The third-order valence-electron chi connectivity index (χ3n) is 4.71. The van der Waals surface area contributed by atoms with Crippen LogP contribution < -0.4 is 14.8 Å². The number of methoxy groups -OCH3 is 2. The molecule has 168 valence electrons. The van der Waals surface area contributed by atoms with Crippen molar-refractivity contribution in [3.8, 4) is 11.5 Å². The Morgan fingerprint density at radius 2 is 1.58 bits per heavy atom. The van der Waals surface area contributed by atoms with Gasteiger partial charge in [-0.3, -0.25) is 9.59 Å². The molecule has 0 spiro atoms. The molecular weight excluding hydrogens is 420 g/mol. The van der Waals surface area contributed by atoms with Gasteiger partial charge in [-0.2, -0.15) is 0 Å². The molecule has 0 saturated heterocycles. The minimum absolute atomic E-state index is 0.175. The molecule has 0 aliphatic carbocycles. The molecule has 2 rings (SSSR count). The number of nitrogens with one attached hydrogen (secondary N) is 1. The summed E-state index contributed by atoms with van der Waals surface area (Å²) in [5.41, 5.74) is 0.957. The van der Waals surface area contributed by atoms with Crippen LogP contribution in [-0.2, 0) is 4.74 Å². The molecule has 0 aliphatic heterocycles. The lowest BCUT2D eigenvalue weighted by Crippen LogP contribution is -2.30. The number of esters is 1. The molecule has 31 heavy (non-hydrogen) atoms. The maximum absolute atomic E-state index is 13.0. The third kappa shape index (κ3) is 5.35. The van der Waals surface area contributed by atoms with E-state index in [1.807, 2.05) is 13.8 Å². The number of hydrogen-bond acceptors (Lipinski definition) is 7. The van der Waals surface area contributed by atoms with E-state index in [9.17, 15) is 14.4 Å². The molecule has 0 unspecified atom stereocenters. The van der Waals surface area contributed by atoms with E-state index >= 15 is 0 Å². The van der Waals surface area contributed by atoms with E-state index in [0.717, 1.165) is 11.3 Å². The Labute approximate surface area is 186 Å². The molecule has 1 heterocycles. The molecule has 0 saturated carbocycles. The second kappa shape index (κ2) is 10.8. The van der Waals surface area contributed by atoms with Gasteiger partial charge in [0.05, 0.1) is 31.3 Å². The lowest BCUT2D eigenvalue weighted by atomic mass is 10.1. The van der Waals surface area contributed by atoms with E-state index in [2.05, 4.69) is 5.32 Å². The second-order valence-electron chi connectivity index (χ2n) is 6.51. The van der Waals surface area contributed by atoms with Crippen molar-refractivity contribution < 1.29 is 28.6 Å². The predicted octanol–water partition coefficient (Wildman–Crippen LogP) is 3.98. The number of carbonyl (C=O) groups excluding carboxylic acids is 3. The molecular formula is C22H28N2O6S. The molecule has 0 bridgehead atoms. The fourth-order valence-corrected chi connectivity index (χ4v) is 4.18. The number of nitrogens with zero attached hydrogens (tertiary/aromatic N) is 1. The van der Waals surface area contributed by atoms with Crippen molar-refractivity contribution in [3.63, 3.8) is 0 Å². The highest BCUT2D eigenvalue weighted by Gasteiger charge is 2.28. The van der Waals surface area contributed by atoms with Crippen molar-refractivity contribution in [2.75, 3.05) is 39.2 Å². The summed E-state index contributed by atoms with van der Waals surface area (Å²) in [6, 6.07) is 4.77. The molecule has 1 aromatic heterocycles. The number of anilines is 1. The maximum Gasteiger partial charge on any atom is 0.341 e. The molecule has 0 aliphatic rings. The summed E-state index contributed by atoms with van der Waals surface area (Å²) in [6.45, 7) is 8.39. The van der Waals surface area contributed by atoms with Gasteiger partial charge in [0, 0.05) is 24.7 Å². The quantitative estimate of drug-likeness (QED) is 0.583. The monoisotopic (exact) mass is 448 g/mol. The smallest absolute Gasteiger partial charge is 0.341 e. The predicted molar refractivity (Wildman–Crippen MR) is 120 cm³/mol. The summed E-state index contributed by atoms with van der Waals surface area (Å²) >= 11 is 1.06. The van der Waals surface area contributed by atoms with E-state index in [1.54, 1.807) is 36.9 Å². The average molecular weight is 449 g/mol. The van der Waals surface area contributed by atoms with Crippen molar-refractivity contribution in [1.82, 2.24) is 4.90 Å². The number of thiophene rings is 1. The van der Waals surface area contributed by atoms with Gasteiger partial charge >= 0.3 is 5.97 Å². The van der Waals surface area contributed by atoms with E-state index in [0.29, 0.717) is 35.0 Å². The number of hydrogen-bond donors (Lipinski definition) is 1. The van der Waals surface area contributed by atoms with Crippen molar-refractivity contribution in [3.05, 3.63) is 39.8 Å². The van der Waals surface area contributed by atoms with Crippen LogP contribution in [0.2, 0.25) is 0 Å². The summed E-state index contributed by atoms with van der Waals surface area (Å²) in [5, 5.41) is 3.02. The fourth-order valence-electron chi connectivity index (χ4n) is 3.02. The van der Waals surface area contributed by atoms with Crippen LogP contribution in [0.3, 0.4) is 0 Å². The largest absolute Gasteiger partial charge is 0.497 e. The average Bonchev–Trinajstić information content (AvgIpc) is 3.09. The lowest BCUT2D eigenvalue weighted by Gasteiger charge is -2.18. The molecule has 9 heteroatoms. The van der Waals surface area contributed by atoms with Crippen LogP contribution in [0.4, 0.5) is 5.00 Å². The van der Waals surface area contributed by atoms with Crippen LogP contribution in [0, 0.1) is 6.92 Å². The van der Waals surface area contributed by atoms with Crippen LogP contribution in [0.5, 0.6) is 11.5 Å².